The molecule has 0 aliphatic carbocycles. The Morgan fingerprint density at radius 3 is 2.43 bits per heavy atom. The lowest BCUT2D eigenvalue weighted by Gasteiger charge is -2.38. The molecule has 0 bridgehead atoms. The molecule has 0 amide bonds. The van der Waals surface area contributed by atoms with Crippen molar-refractivity contribution in [3.8, 4) is 0 Å². The zero-order chi connectivity index (χ0) is 18.0. The second kappa shape index (κ2) is 7.05. The lowest BCUT2D eigenvalue weighted by molar-refractivity contribution is -0.132. The van der Waals surface area contributed by atoms with Gasteiger partial charge in [-0.25, -0.2) is 9.59 Å². The third-order valence-electron chi connectivity index (χ3n) is 4.46. The summed E-state index contributed by atoms with van der Waals surface area (Å²) in [5, 5.41) is 9.04. The second-order valence-corrected chi connectivity index (χ2v) is 12.3. The molecule has 1 fully saturated rings. The van der Waals surface area contributed by atoms with Gasteiger partial charge in [-0.2, -0.15) is 0 Å². The van der Waals surface area contributed by atoms with E-state index in [2.05, 4.69) is 33.9 Å². The van der Waals surface area contributed by atoms with Crippen LogP contribution in [0.4, 0.5) is 4.79 Å². The monoisotopic (exact) mass is 344 g/mol. The van der Waals surface area contributed by atoms with Crippen LogP contribution in [0.15, 0.2) is 11.6 Å². The van der Waals surface area contributed by atoms with Gasteiger partial charge in [0.05, 0.1) is 0 Å². The highest BCUT2D eigenvalue weighted by atomic mass is 28.4. The fourth-order valence-electron chi connectivity index (χ4n) is 2.10. The highest BCUT2D eigenvalue weighted by Gasteiger charge is 2.41. The maximum atomic E-state index is 11.4. The van der Waals surface area contributed by atoms with Crippen LogP contribution in [-0.4, -0.2) is 43.9 Å². The molecule has 6 nitrogen and oxygen atoms in total. The number of carbonyl (C=O) groups is 2. The first-order valence-electron chi connectivity index (χ1n) is 7.80. The predicted molar refractivity (Wildman–Crippen MR) is 88.9 cm³/mol. The van der Waals surface area contributed by atoms with Crippen LogP contribution in [0.5, 0.6) is 0 Å². The van der Waals surface area contributed by atoms with Crippen LogP contribution in [0.1, 0.15) is 41.0 Å². The molecule has 0 saturated carbocycles. The minimum Gasteiger partial charge on any atom is -0.478 e. The standard InChI is InChI=1S/C16H28O6Si/c1-10(14(17)18)8-12-13(21-15(19)20-12)9-11(2)22-23(6,7)16(3,4)5/h8,11-13H,9H2,1-7H3,(H,17,18)/t11-,12-,13-/m0/s1. The number of aliphatic carboxylic acids is 1. The Kier molecular flexibility index (Phi) is 6.04. The second-order valence-electron chi connectivity index (χ2n) is 7.57. The summed E-state index contributed by atoms with van der Waals surface area (Å²) >= 11 is 0. The number of rotatable bonds is 6. The lowest BCUT2D eigenvalue weighted by atomic mass is 10.1. The molecule has 0 aromatic carbocycles. The first-order chi connectivity index (χ1) is 10.3. The minimum atomic E-state index is -1.92. The molecule has 1 aliphatic heterocycles. The molecule has 7 heteroatoms. The molecule has 0 aromatic rings. The normalized spacial score (nSPS) is 24.1. The van der Waals surface area contributed by atoms with Crippen LogP contribution >= 0.6 is 0 Å². The molecule has 1 rings (SSSR count). The van der Waals surface area contributed by atoms with Crippen molar-refractivity contribution in [1.29, 1.82) is 0 Å². The predicted octanol–water partition coefficient (Wildman–Crippen LogP) is 3.72. The van der Waals surface area contributed by atoms with E-state index in [1.54, 1.807) is 0 Å². The van der Waals surface area contributed by atoms with Crippen molar-refractivity contribution >= 4 is 20.4 Å². The summed E-state index contributed by atoms with van der Waals surface area (Å²) in [4.78, 5) is 22.3. The van der Waals surface area contributed by atoms with E-state index >= 15 is 0 Å². The van der Waals surface area contributed by atoms with E-state index in [4.69, 9.17) is 19.0 Å². The quantitative estimate of drug-likeness (QED) is 0.449. The van der Waals surface area contributed by atoms with Crippen molar-refractivity contribution in [3.63, 3.8) is 0 Å². The molecule has 0 unspecified atom stereocenters. The van der Waals surface area contributed by atoms with E-state index in [9.17, 15) is 9.59 Å². The summed E-state index contributed by atoms with van der Waals surface area (Å²) in [5.41, 5.74) is 0.122. The first-order valence-corrected chi connectivity index (χ1v) is 10.7. The topological polar surface area (TPSA) is 82.1 Å². The highest BCUT2D eigenvalue weighted by molar-refractivity contribution is 6.74. The Morgan fingerprint density at radius 1 is 1.39 bits per heavy atom. The van der Waals surface area contributed by atoms with Gasteiger partial charge in [-0.05, 0) is 38.1 Å². The molecule has 0 radical (unpaired) electrons. The summed E-state index contributed by atoms with van der Waals surface area (Å²) < 4.78 is 16.5. The SMILES string of the molecule is CC(=C[C@@H]1OC(=O)O[C@H]1C[C@H](C)O[Si](C)(C)C(C)(C)C)C(=O)O. The van der Waals surface area contributed by atoms with Gasteiger partial charge in [-0.3, -0.25) is 0 Å². The highest BCUT2D eigenvalue weighted by Crippen LogP contribution is 2.38. The molecule has 1 saturated heterocycles. The number of cyclic esters (lactones) is 2. The number of hydrogen-bond acceptors (Lipinski definition) is 5. The fraction of sp³-hybridized carbons (Fsp3) is 0.750. The molecule has 0 spiro atoms. The Bertz CT molecular complexity index is 491. The van der Waals surface area contributed by atoms with Crippen molar-refractivity contribution in [2.45, 2.75) is 77.5 Å². The maximum absolute atomic E-state index is 11.4. The Labute approximate surface area is 138 Å². The first kappa shape index (κ1) is 19.7. The lowest BCUT2D eigenvalue weighted by Crippen LogP contribution is -2.44. The molecule has 3 atom stereocenters. The summed E-state index contributed by atoms with van der Waals surface area (Å²) in [5.74, 6) is -1.04. The molecule has 0 aromatic heterocycles. The molecule has 132 valence electrons. The molecule has 1 heterocycles. The van der Waals surface area contributed by atoms with Gasteiger partial charge in [-0.15, -0.1) is 0 Å². The largest absolute Gasteiger partial charge is 0.509 e. The van der Waals surface area contributed by atoms with Crippen molar-refractivity contribution < 1.29 is 28.6 Å². The van der Waals surface area contributed by atoms with Gasteiger partial charge >= 0.3 is 12.1 Å². The average Bonchev–Trinajstić information content (AvgIpc) is 2.66. The maximum Gasteiger partial charge on any atom is 0.509 e. The van der Waals surface area contributed by atoms with E-state index in [0.29, 0.717) is 6.42 Å². The van der Waals surface area contributed by atoms with E-state index < -0.39 is 32.6 Å². The minimum absolute atomic E-state index is 0.0866. The van der Waals surface area contributed by atoms with Gasteiger partial charge in [0.2, 0.25) is 0 Å². The average molecular weight is 344 g/mol. The van der Waals surface area contributed by atoms with E-state index in [1.807, 2.05) is 6.92 Å². The molecule has 1 aliphatic rings. The van der Waals surface area contributed by atoms with Crippen LogP contribution in [0, 0.1) is 0 Å². The van der Waals surface area contributed by atoms with Crippen LogP contribution in [0.2, 0.25) is 18.1 Å². The summed E-state index contributed by atoms with van der Waals surface area (Å²) in [6, 6.07) is 0. The number of carbonyl (C=O) groups excluding carboxylic acids is 1. The molecular weight excluding hydrogens is 316 g/mol. The van der Waals surface area contributed by atoms with Gasteiger partial charge in [0.1, 0.15) is 6.10 Å². The summed E-state index contributed by atoms with van der Waals surface area (Å²) in [6.07, 6.45) is -0.227. The molecular formula is C16H28O6Si. The molecule has 1 N–H and O–H groups in total. The third kappa shape index (κ3) is 5.35. The zero-order valence-corrected chi connectivity index (χ0v) is 16.0. The fourth-order valence-corrected chi connectivity index (χ4v) is 3.56. The van der Waals surface area contributed by atoms with Crippen LogP contribution in [0.3, 0.4) is 0 Å². The smallest absolute Gasteiger partial charge is 0.478 e. The van der Waals surface area contributed by atoms with Crippen molar-refractivity contribution in [2.24, 2.45) is 0 Å². The number of hydrogen-bond donors (Lipinski definition) is 1. The van der Waals surface area contributed by atoms with Gasteiger partial charge in [0.15, 0.2) is 14.4 Å². The van der Waals surface area contributed by atoms with E-state index in [-0.39, 0.29) is 16.7 Å². The van der Waals surface area contributed by atoms with E-state index in [0.717, 1.165) is 0 Å². The number of carboxylic acids is 1. The summed E-state index contributed by atoms with van der Waals surface area (Å²) in [7, 11) is -1.92. The third-order valence-corrected chi connectivity index (χ3v) is 9.07. The van der Waals surface area contributed by atoms with Crippen LogP contribution in [0.25, 0.3) is 0 Å². The summed E-state index contributed by atoms with van der Waals surface area (Å²) in [6.45, 7) is 14.2. The zero-order valence-electron chi connectivity index (χ0n) is 15.0. The van der Waals surface area contributed by atoms with Crippen molar-refractivity contribution in [1.82, 2.24) is 0 Å². The van der Waals surface area contributed by atoms with Crippen LogP contribution in [-0.2, 0) is 18.7 Å². The van der Waals surface area contributed by atoms with E-state index in [1.165, 1.54) is 13.0 Å². The van der Waals surface area contributed by atoms with Gasteiger partial charge < -0.3 is 19.0 Å². The van der Waals surface area contributed by atoms with Gasteiger partial charge in [0.25, 0.3) is 0 Å². The van der Waals surface area contributed by atoms with Crippen molar-refractivity contribution in [3.05, 3.63) is 11.6 Å². The number of ether oxygens (including phenoxy) is 2. The number of carboxylic acid groups (broad SMARTS) is 1. The Balaban J connectivity index is 2.76. The molecule has 23 heavy (non-hydrogen) atoms. The Hall–Kier alpha value is -1.34. The van der Waals surface area contributed by atoms with Crippen molar-refractivity contribution in [2.75, 3.05) is 0 Å². The van der Waals surface area contributed by atoms with Gasteiger partial charge in [0, 0.05) is 18.1 Å². The van der Waals surface area contributed by atoms with Crippen LogP contribution < -0.4 is 0 Å². The Morgan fingerprint density at radius 2 is 1.96 bits per heavy atom. The van der Waals surface area contributed by atoms with Gasteiger partial charge in [-0.1, -0.05) is 20.8 Å².